The van der Waals surface area contributed by atoms with Crippen LogP contribution in [-0.2, 0) is 0 Å². The lowest BCUT2D eigenvalue weighted by Crippen LogP contribution is -2.36. The van der Waals surface area contributed by atoms with Gasteiger partial charge in [-0.3, -0.25) is 0 Å². The predicted molar refractivity (Wildman–Crippen MR) is 53.0 cm³/mol. The van der Waals surface area contributed by atoms with Crippen molar-refractivity contribution in [2.24, 2.45) is 17.3 Å². The van der Waals surface area contributed by atoms with Crippen LogP contribution >= 0.6 is 0 Å². The fourth-order valence-electron chi connectivity index (χ4n) is 3.23. The number of hydrogen-bond acceptors (Lipinski definition) is 0. The van der Waals surface area contributed by atoms with Crippen molar-refractivity contribution in [2.75, 3.05) is 0 Å². The van der Waals surface area contributed by atoms with Crippen LogP contribution in [0.2, 0.25) is 0 Å². The molecule has 0 aromatic carbocycles. The molecule has 68 valence electrons. The van der Waals surface area contributed by atoms with Crippen molar-refractivity contribution < 1.29 is 0 Å². The van der Waals surface area contributed by atoms with Gasteiger partial charge >= 0.3 is 0 Å². The summed E-state index contributed by atoms with van der Waals surface area (Å²) >= 11 is 0. The Balaban J connectivity index is 2.22. The lowest BCUT2D eigenvalue weighted by atomic mass is 9.59. The highest BCUT2D eigenvalue weighted by molar-refractivity contribution is 5.05. The van der Waals surface area contributed by atoms with E-state index >= 15 is 0 Å². The first kappa shape index (κ1) is 8.34. The third-order valence-electron chi connectivity index (χ3n) is 4.05. The summed E-state index contributed by atoms with van der Waals surface area (Å²) in [7, 11) is 0. The Kier molecular flexibility index (Phi) is 2.02. The molecule has 0 aromatic heterocycles. The van der Waals surface area contributed by atoms with Gasteiger partial charge in [0.05, 0.1) is 0 Å². The van der Waals surface area contributed by atoms with Crippen molar-refractivity contribution in [3.8, 4) is 0 Å². The Morgan fingerprint density at radius 2 is 2.17 bits per heavy atom. The van der Waals surface area contributed by atoms with Gasteiger partial charge in [-0.2, -0.15) is 0 Å². The molecule has 1 fully saturated rings. The molecule has 3 atom stereocenters. The zero-order chi connectivity index (χ0) is 8.60. The number of hydrogen-bond donors (Lipinski definition) is 0. The van der Waals surface area contributed by atoms with E-state index in [9.17, 15) is 0 Å². The van der Waals surface area contributed by atoms with Gasteiger partial charge in [-0.05, 0) is 36.5 Å². The zero-order valence-corrected chi connectivity index (χ0v) is 8.34. The average molecular weight is 164 g/mol. The third kappa shape index (κ3) is 1.22. The Labute approximate surface area is 76.1 Å². The minimum atomic E-state index is 0.659. The van der Waals surface area contributed by atoms with Gasteiger partial charge in [0.1, 0.15) is 0 Å². The first-order valence-electron chi connectivity index (χ1n) is 5.39. The maximum absolute atomic E-state index is 2.50. The van der Waals surface area contributed by atoms with Crippen molar-refractivity contribution in [3.63, 3.8) is 0 Å². The Bertz CT molecular complexity index is 192. The average Bonchev–Trinajstić information content (AvgIpc) is 2.04. The predicted octanol–water partition coefficient (Wildman–Crippen LogP) is 3.78. The molecule has 2 rings (SSSR count). The van der Waals surface area contributed by atoms with Crippen LogP contribution < -0.4 is 0 Å². The Morgan fingerprint density at radius 3 is 2.92 bits per heavy atom. The van der Waals surface area contributed by atoms with Crippen molar-refractivity contribution in [3.05, 3.63) is 12.2 Å². The number of fused-ring (bicyclic) bond motifs is 1. The summed E-state index contributed by atoms with van der Waals surface area (Å²) in [5, 5.41) is 0. The molecule has 0 bridgehead atoms. The Morgan fingerprint density at radius 1 is 1.33 bits per heavy atom. The van der Waals surface area contributed by atoms with Crippen molar-refractivity contribution in [1.29, 1.82) is 0 Å². The molecule has 2 aliphatic rings. The van der Waals surface area contributed by atoms with Crippen LogP contribution in [0.25, 0.3) is 0 Å². The van der Waals surface area contributed by atoms with Crippen LogP contribution in [0.1, 0.15) is 46.0 Å². The fourth-order valence-corrected chi connectivity index (χ4v) is 3.23. The van der Waals surface area contributed by atoms with E-state index in [1.165, 1.54) is 32.1 Å². The first-order chi connectivity index (χ1) is 5.72. The molecule has 0 aliphatic heterocycles. The second kappa shape index (κ2) is 2.90. The molecule has 0 nitrogen and oxygen atoms in total. The molecule has 0 spiro atoms. The highest BCUT2D eigenvalue weighted by atomic mass is 14.4. The van der Waals surface area contributed by atoms with Gasteiger partial charge in [-0.1, -0.05) is 38.8 Å². The lowest BCUT2D eigenvalue weighted by molar-refractivity contribution is 0.0859. The minimum Gasteiger partial charge on any atom is -0.0882 e. The van der Waals surface area contributed by atoms with Crippen LogP contribution in [0.15, 0.2) is 12.2 Å². The zero-order valence-electron chi connectivity index (χ0n) is 8.34. The third-order valence-corrected chi connectivity index (χ3v) is 4.05. The highest BCUT2D eigenvalue weighted by Gasteiger charge is 2.39. The Hall–Kier alpha value is -0.260. The number of rotatable bonds is 0. The first-order valence-corrected chi connectivity index (χ1v) is 5.39. The van der Waals surface area contributed by atoms with E-state index in [-0.39, 0.29) is 0 Å². The lowest BCUT2D eigenvalue weighted by Gasteiger charge is -2.46. The molecule has 1 saturated carbocycles. The van der Waals surface area contributed by atoms with Crippen LogP contribution in [0.4, 0.5) is 0 Å². The topological polar surface area (TPSA) is 0 Å². The van der Waals surface area contributed by atoms with Crippen molar-refractivity contribution in [2.45, 2.75) is 46.0 Å². The van der Waals surface area contributed by atoms with E-state index in [1.54, 1.807) is 0 Å². The molecule has 0 aromatic rings. The second-order valence-electron chi connectivity index (χ2n) is 5.02. The van der Waals surface area contributed by atoms with E-state index in [0.29, 0.717) is 5.41 Å². The van der Waals surface area contributed by atoms with Crippen molar-refractivity contribution >= 4 is 0 Å². The van der Waals surface area contributed by atoms with Crippen LogP contribution in [0.5, 0.6) is 0 Å². The summed E-state index contributed by atoms with van der Waals surface area (Å²) in [5.74, 6) is 1.82. The van der Waals surface area contributed by atoms with Gasteiger partial charge in [-0.25, -0.2) is 0 Å². The molecule has 0 N–H and O–H groups in total. The largest absolute Gasteiger partial charge is 0.0882 e. The highest BCUT2D eigenvalue weighted by Crippen LogP contribution is 2.49. The smallest absolute Gasteiger partial charge is 0.0154 e. The summed E-state index contributed by atoms with van der Waals surface area (Å²) in [6.07, 6.45) is 12.0. The molecule has 0 unspecified atom stereocenters. The summed E-state index contributed by atoms with van der Waals surface area (Å²) in [6, 6.07) is 0. The fraction of sp³-hybridized carbons (Fsp3) is 0.833. The van der Waals surface area contributed by atoms with Gasteiger partial charge in [0.2, 0.25) is 0 Å². The molecular weight excluding hydrogens is 144 g/mol. The molecule has 0 saturated heterocycles. The van der Waals surface area contributed by atoms with E-state index in [2.05, 4.69) is 26.0 Å². The summed E-state index contributed by atoms with van der Waals surface area (Å²) in [4.78, 5) is 0. The van der Waals surface area contributed by atoms with Crippen LogP contribution in [0, 0.1) is 17.3 Å². The van der Waals surface area contributed by atoms with Crippen LogP contribution in [0.3, 0.4) is 0 Å². The van der Waals surface area contributed by atoms with Crippen LogP contribution in [-0.4, -0.2) is 0 Å². The quantitative estimate of drug-likeness (QED) is 0.478. The maximum atomic E-state index is 2.50. The monoisotopic (exact) mass is 164 g/mol. The van der Waals surface area contributed by atoms with E-state index < -0.39 is 0 Å². The van der Waals surface area contributed by atoms with E-state index in [4.69, 9.17) is 0 Å². The number of allylic oxidation sites excluding steroid dienone is 2. The second-order valence-corrected chi connectivity index (χ2v) is 5.02. The molecule has 0 heteroatoms. The summed E-state index contributed by atoms with van der Waals surface area (Å²) in [5.41, 5.74) is 0.659. The van der Waals surface area contributed by atoms with Gasteiger partial charge < -0.3 is 0 Å². The van der Waals surface area contributed by atoms with Gasteiger partial charge in [0.25, 0.3) is 0 Å². The maximum Gasteiger partial charge on any atom is -0.0154 e. The minimum absolute atomic E-state index is 0.659. The summed E-state index contributed by atoms with van der Waals surface area (Å²) in [6.45, 7) is 4.93. The SMILES string of the molecule is C[C@H]1CCC[C@@]2(C)CCC=C[C@H]12. The van der Waals surface area contributed by atoms with Gasteiger partial charge in [0.15, 0.2) is 0 Å². The standard InChI is InChI=1S/C12H20/c1-10-6-5-9-12(2)8-4-3-7-11(10)12/h3,7,10-11H,4-6,8-9H2,1-2H3/t10-,11+,12+/m0/s1. The molecule has 2 aliphatic carbocycles. The molecular formula is C12H20. The molecule has 0 heterocycles. The van der Waals surface area contributed by atoms with Gasteiger partial charge in [-0.15, -0.1) is 0 Å². The molecule has 12 heavy (non-hydrogen) atoms. The normalized spacial score (nSPS) is 47.2. The molecule has 0 amide bonds. The molecule has 0 radical (unpaired) electrons. The van der Waals surface area contributed by atoms with Gasteiger partial charge in [0, 0.05) is 0 Å². The van der Waals surface area contributed by atoms with Crippen molar-refractivity contribution in [1.82, 2.24) is 0 Å². The summed E-state index contributed by atoms with van der Waals surface area (Å²) < 4.78 is 0. The van der Waals surface area contributed by atoms with E-state index in [1.807, 2.05) is 0 Å². The van der Waals surface area contributed by atoms with E-state index in [0.717, 1.165) is 11.8 Å².